The number of nitrogens with one attached hydrogen (secondary N) is 1. The molecule has 0 rings (SSSR count). The van der Waals surface area contributed by atoms with Crippen LogP contribution in [-0.2, 0) is 9.53 Å². The van der Waals surface area contributed by atoms with E-state index in [0.29, 0.717) is 6.54 Å². The van der Waals surface area contributed by atoms with E-state index >= 15 is 0 Å². The van der Waals surface area contributed by atoms with Gasteiger partial charge in [0.2, 0.25) is 5.91 Å². The number of hydrogen-bond acceptors (Lipinski definition) is 4. The molecule has 1 unspecified atom stereocenters. The molecule has 4 nitrogen and oxygen atoms in total. The zero-order valence-corrected chi connectivity index (χ0v) is 11.5. The Kier molecular flexibility index (Phi) is 7.80. The molecule has 0 aromatic heterocycles. The topological polar surface area (TPSA) is 64.4 Å². The van der Waals surface area contributed by atoms with Crippen LogP contribution in [0.4, 0.5) is 0 Å². The van der Waals surface area contributed by atoms with E-state index in [1.807, 2.05) is 0 Å². The second-order valence-corrected chi connectivity index (χ2v) is 5.05. The van der Waals surface area contributed by atoms with Gasteiger partial charge in [-0.05, 0) is 19.1 Å². The van der Waals surface area contributed by atoms with Crippen LogP contribution in [0, 0.1) is 0 Å². The van der Waals surface area contributed by atoms with Crippen LogP contribution in [0.1, 0.15) is 26.7 Å². The second-order valence-electron chi connectivity index (χ2n) is 3.77. The van der Waals surface area contributed by atoms with Crippen molar-refractivity contribution in [2.75, 3.05) is 26.5 Å². The lowest BCUT2D eigenvalue weighted by Gasteiger charge is -2.30. The number of nitrogens with two attached hydrogens (primary N) is 1. The summed E-state index contributed by atoms with van der Waals surface area (Å²) in [6, 6.07) is 0. The summed E-state index contributed by atoms with van der Waals surface area (Å²) in [4.78, 5) is 11.7. The molecule has 0 aromatic rings. The smallest absolute Gasteiger partial charge is 0.250 e. The highest BCUT2D eigenvalue weighted by atomic mass is 32.2. The standard InChI is InChI=1S/C11H24N2O2S/c1-5-11(6-2,16-4)8-13-10(14)9(7-12)15-3/h9H,5-8,12H2,1-4H3,(H,13,14). The van der Waals surface area contributed by atoms with E-state index in [1.54, 1.807) is 11.8 Å². The van der Waals surface area contributed by atoms with E-state index in [2.05, 4.69) is 25.4 Å². The summed E-state index contributed by atoms with van der Waals surface area (Å²) < 4.78 is 5.11. The first-order chi connectivity index (χ1) is 7.59. The fourth-order valence-corrected chi connectivity index (χ4v) is 2.33. The van der Waals surface area contributed by atoms with Crippen molar-refractivity contribution in [3.63, 3.8) is 0 Å². The molecule has 0 saturated carbocycles. The van der Waals surface area contributed by atoms with E-state index in [4.69, 9.17) is 10.5 Å². The van der Waals surface area contributed by atoms with Crippen molar-refractivity contribution < 1.29 is 9.53 Å². The number of hydrogen-bond donors (Lipinski definition) is 2. The van der Waals surface area contributed by atoms with Gasteiger partial charge in [0, 0.05) is 24.9 Å². The summed E-state index contributed by atoms with van der Waals surface area (Å²) in [7, 11) is 1.50. The molecule has 0 radical (unpaired) electrons. The van der Waals surface area contributed by atoms with Gasteiger partial charge in [-0.15, -0.1) is 0 Å². The molecule has 1 atom stereocenters. The second kappa shape index (κ2) is 7.92. The first kappa shape index (κ1) is 15.7. The molecule has 3 N–H and O–H groups in total. The van der Waals surface area contributed by atoms with Crippen LogP contribution in [0.5, 0.6) is 0 Å². The lowest BCUT2D eigenvalue weighted by atomic mass is 10.0. The van der Waals surface area contributed by atoms with E-state index in [1.165, 1.54) is 7.11 Å². The number of ether oxygens (including phenoxy) is 1. The minimum Gasteiger partial charge on any atom is -0.370 e. The summed E-state index contributed by atoms with van der Waals surface area (Å²) in [6.45, 7) is 5.17. The third-order valence-corrected chi connectivity index (χ3v) is 4.69. The highest BCUT2D eigenvalue weighted by molar-refractivity contribution is 8.00. The highest BCUT2D eigenvalue weighted by Crippen LogP contribution is 2.29. The van der Waals surface area contributed by atoms with Gasteiger partial charge in [-0.2, -0.15) is 11.8 Å². The third-order valence-electron chi connectivity index (χ3n) is 3.10. The van der Waals surface area contributed by atoms with Gasteiger partial charge in [0.15, 0.2) is 0 Å². The Labute approximate surface area is 103 Å². The molecular weight excluding hydrogens is 224 g/mol. The van der Waals surface area contributed by atoms with Crippen molar-refractivity contribution in [2.45, 2.75) is 37.5 Å². The maximum absolute atomic E-state index is 11.7. The quantitative estimate of drug-likeness (QED) is 0.672. The molecule has 16 heavy (non-hydrogen) atoms. The van der Waals surface area contributed by atoms with Gasteiger partial charge in [-0.25, -0.2) is 0 Å². The van der Waals surface area contributed by atoms with Crippen molar-refractivity contribution in [3.8, 4) is 0 Å². The molecule has 0 aliphatic carbocycles. The van der Waals surface area contributed by atoms with Crippen LogP contribution < -0.4 is 11.1 Å². The average molecular weight is 248 g/mol. The summed E-state index contributed by atoms with van der Waals surface area (Å²) in [5.41, 5.74) is 5.43. The van der Waals surface area contributed by atoms with Gasteiger partial charge in [0.05, 0.1) is 0 Å². The van der Waals surface area contributed by atoms with Gasteiger partial charge in [-0.3, -0.25) is 4.79 Å². The molecule has 0 aromatic carbocycles. The summed E-state index contributed by atoms with van der Waals surface area (Å²) in [5, 5.41) is 2.91. The monoisotopic (exact) mass is 248 g/mol. The van der Waals surface area contributed by atoms with E-state index < -0.39 is 6.10 Å². The van der Waals surface area contributed by atoms with Gasteiger partial charge in [0.1, 0.15) is 6.10 Å². The maximum atomic E-state index is 11.7. The first-order valence-electron chi connectivity index (χ1n) is 5.64. The van der Waals surface area contributed by atoms with Crippen LogP contribution in [0.15, 0.2) is 0 Å². The molecule has 1 amide bonds. The fourth-order valence-electron chi connectivity index (χ4n) is 1.53. The zero-order chi connectivity index (χ0) is 12.6. The molecule has 0 heterocycles. The van der Waals surface area contributed by atoms with Crippen LogP contribution in [0.25, 0.3) is 0 Å². The predicted octanol–water partition coefficient (Wildman–Crippen LogP) is 0.998. The van der Waals surface area contributed by atoms with Gasteiger partial charge in [0.25, 0.3) is 0 Å². The molecule has 0 bridgehead atoms. The Morgan fingerprint density at radius 2 is 2.06 bits per heavy atom. The van der Waals surface area contributed by atoms with Gasteiger partial charge >= 0.3 is 0 Å². The maximum Gasteiger partial charge on any atom is 0.250 e. The van der Waals surface area contributed by atoms with Crippen molar-refractivity contribution in [1.29, 1.82) is 0 Å². The number of amides is 1. The Morgan fingerprint density at radius 1 is 1.50 bits per heavy atom. The average Bonchev–Trinajstić information content (AvgIpc) is 2.33. The van der Waals surface area contributed by atoms with Crippen molar-refractivity contribution in [3.05, 3.63) is 0 Å². The molecular formula is C11H24N2O2S. The Bertz CT molecular complexity index is 196. The largest absolute Gasteiger partial charge is 0.370 e. The normalized spacial score (nSPS) is 13.6. The molecule has 0 spiro atoms. The fraction of sp³-hybridized carbons (Fsp3) is 0.909. The number of carbonyl (C=O) groups is 1. The highest BCUT2D eigenvalue weighted by Gasteiger charge is 2.26. The molecule has 0 saturated heterocycles. The van der Waals surface area contributed by atoms with Gasteiger partial charge in [-0.1, -0.05) is 13.8 Å². The van der Waals surface area contributed by atoms with E-state index in [-0.39, 0.29) is 17.2 Å². The predicted molar refractivity (Wildman–Crippen MR) is 69.7 cm³/mol. The van der Waals surface area contributed by atoms with Crippen LogP contribution >= 0.6 is 11.8 Å². The van der Waals surface area contributed by atoms with Crippen LogP contribution in [0.2, 0.25) is 0 Å². The number of rotatable bonds is 8. The number of thioether (sulfide) groups is 1. The van der Waals surface area contributed by atoms with Crippen molar-refractivity contribution in [2.24, 2.45) is 5.73 Å². The SMILES string of the molecule is CCC(CC)(CNC(=O)C(CN)OC)SC. The Balaban J connectivity index is 4.25. The van der Waals surface area contributed by atoms with E-state index in [0.717, 1.165) is 12.8 Å². The van der Waals surface area contributed by atoms with Gasteiger partial charge < -0.3 is 15.8 Å². The summed E-state index contributed by atoms with van der Waals surface area (Å²) >= 11 is 1.80. The Morgan fingerprint density at radius 3 is 2.38 bits per heavy atom. The lowest BCUT2D eigenvalue weighted by molar-refractivity contribution is -0.130. The van der Waals surface area contributed by atoms with E-state index in [9.17, 15) is 4.79 Å². The molecule has 0 aliphatic heterocycles. The first-order valence-corrected chi connectivity index (χ1v) is 6.87. The van der Waals surface area contributed by atoms with Crippen molar-refractivity contribution >= 4 is 17.7 Å². The van der Waals surface area contributed by atoms with Crippen LogP contribution in [0.3, 0.4) is 0 Å². The number of methoxy groups -OCH3 is 1. The minimum absolute atomic E-state index is 0.120. The zero-order valence-electron chi connectivity index (χ0n) is 10.7. The number of carbonyl (C=O) groups excluding carboxylic acids is 1. The summed E-state index contributed by atoms with van der Waals surface area (Å²) in [5.74, 6) is -0.120. The summed E-state index contributed by atoms with van der Waals surface area (Å²) in [6.07, 6.45) is 3.61. The van der Waals surface area contributed by atoms with Crippen molar-refractivity contribution in [1.82, 2.24) is 5.32 Å². The third kappa shape index (κ3) is 4.31. The van der Waals surface area contributed by atoms with Crippen LogP contribution in [-0.4, -0.2) is 43.2 Å². The minimum atomic E-state index is -0.534. The lowest BCUT2D eigenvalue weighted by Crippen LogP contribution is -2.46. The molecule has 0 fully saturated rings. The Hall–Kier alpha value is -0.260. The molecule has 96 valence electrons. The molecule has 5 heteroatoms. The molecule has 0 aliphatic rings.